The van der Waals surface area contributed by atoms with Crippen molar-refractivity contribution in [2.24, 2.45) is 0 Å². The number of ether oxygens (including phenoxy) is 1. The second-order valence-electron chi connectivity index (χ2n) is 5.59. The molecule has 0 aliphatic carbocycles. The molecule has 0 spiro atoms. The van der Waals surface area contributed by atoms with Crippen molar-refractivity contribution in [2.45, 2.75) is 50.9 Å². The van der Waals surface area contributed by atoms with Crippen LogP contribution in [-0.4, -0.2) is 35.2 Å². The van der Waals surface area contributed by atoms with E-state index >= 15 is 0 Å². The average Bonchev–Trinajstić information content (AvgIpc) is 2.49. The van der Waals surface area contributed by atoms with Gasteiger partial charge in [-0.25, -0.2) is 0 Å². The standard InChI is InChI=1S/C12H23NO2S/c1-11(2,3)15-10(14)8-13-9-12(4)6-5-7-16-12/h13H,5-9H2,1-4H3. The fraction of sp³-hybridized carbons (Fsp3) is 0.917. The normalized spacial score (nSPS) is 25.8. The average molecular weight is 245 g/mol. The zero-order valence-corrected chi connectivity index (χ0v) is 11.6. The van der Waals surface area contributed by atoms with Crippen LogP contribution in [0.15, 0.2) is 0 Å². The number of nitrogens with one attached hydrogen (secondary N) is 1. The predicted molar refractivity (Wildman–Crippen MR) is 68.8 cm³/mol. The molecular weight excluding hydrogens is 222 g/mol. The van der Waals surface area contributed by atoms with Gasteiger partial charge in [-0.1, -0.05) is 0 Å². The van der Waals surface area contributed by atoms with Crippen LogP contribution in [0.25, 0.3) is 0 Å². The molecule has 0 aromatic rings. The zero-order valence-electron chi connectivity index (χ0n) is 10.8. The van der Waals surface area contributed by atoms with Crippen molar-refractivity contribution in [1.29, 1.82) is 0 Å². The number of esters is 1. The van der Waals surface area contributed by atoms with Crippen LogP contribution in [-0.2, 0) is 9.53 Å². The van der Waals surface area contributed by atoms with Gasteiger partial charge in [0, 0.05) is 11.3 Å². The summed E-state index contributed by atoms with van der Waals surface area (Å²) < 4.78 is 5.53. The first-order chi connectivity index (χ1) is 7.31. The lowest BCUT2D eigenvalue weighted by Gasteiger charge is -2.24. The van der Waals surface area contributed by atoms with E-state index in [1.54, 1.807) is 0 Å². The van der Waals surface area contributed by atoms with Crippen LogP contribution in [0, 0.1) is 0 Å². The van der Waals surface area contributed by atoms with Crippen molar-refractivity contribution in [2.75, 3.05) is 18.8 Å². The molecule has 1 fully saturated rings. The molecule has 1 aliphatic rings. The van der Waals surface area contributed by atoms with E-state index in [4.69, 9.17) is 4.74 Å². The van der Waals surface area contributed by atoms with Gasteiger partial charge in [0.25, 0.3) is 0 Å². The third-order valence-electron chi connectivity index (χ3n) is 2.49. The summed E-state index contributed by atoms with van der Waals surface area (Å²) in [7, 11) is 0. The highest BCUT2D eigenvalue weighted by Gasteiger charge is 2.29. The first-order valence-corrected chi connectivity index (χ1v) is 6.86. The summed E-state index contributed by atoms with van der Waals surface area (Å²) in [5, 5.41) is 3.19. The summed E-state index contributed by atoms with van der Waals surface area (Å²) in [5.41, 5.74) is -0.384. The maximum atomic E-state index is 11.4. The molecule has 0 aromatic heterocycles. The van der Waals surface area contributed by atoms with Crippen LogP contribution in [0.2, 0.25) is 0 Å². The van der Waals surface area contributed by atoms with Crippen LogP contribution in [0.1, 0.15) is 40.5 Å². The summed E-state index contributed by atoms with van der Waals surface area (Å²) in [5.74, 6) is 1.07. The molecule has 1 rings (SSSR count). The SMILES string of the molecule is CC(C)(C)OC(=O)CNCC1(C)CCCS1. The highest BCUT2D eigenvalue weighted by molar-refractivity contribution is 8.00. The Bertz CT molecular complexity index is 242. The molecule has 0 radical (unpaired) electrons. The number of thioether (sulfide) groups is 1. The lowest BCUT2D eigenvalue weighted by molar-refractivity contribution is -0.153. The van der Waals surface area contributed by atoms with E-state index in [9.17, 15) is 4.79 Å². The van der Waals surface area contributed by atoms with Crippen LogP contribution < -0.4 is 5.32 Å². The van der Waals surface area contributed by atoms with Gasteiger partial charge in [-0.05, 0) is 46.3 Å². The van der Waals surface area contributed by atoms with Crippen molar-refractivity contribution < 1.29 is 9.53 Å². The molecule has 4 heteroatoms. The smallest absolute Gasteiger partial charge is 0.320 e. The van der Waals surface area contributed by atoms with Gasteiger partial charge in [-0.3, -0.25) is 4.79 Å². The Labute approximate surface area is 103 Å². The van der Waals surface area contributed by atoms with E-state index in [-0.39, 0.29) is 11.6 Å². The Hall–Kier alpha value is -0.220. The maximum Gasteiger partial charge on any atom is 0.320 e. The van der Waals surface area contributed by atoms with Crippen molar-refractivity contribution in [1.82, 2.24) is 5.32 Å². The van der Waals surface area contributed by atoms with E-state index in [0.29, 0.717) is 11.3 Å². The molecule has 0 aromatic carbocycles. The zero-order chi connectivity index (χ0) is 12.2. The van der Waals surface area contributed by atoms with Gasteiger partial charge in [-0.2, -0.15) is 11.8 Å². The van der Waals surface area contributed by atoms with E-state index in [1.807, 2.05) is 32.5 Å². The molecule has 0 amide bonds. The Morgan fingerprint density at radius 3 is 2.69 bits per heavy atom. The lowest BCUT2D eigenvalue weighted by Crippen LogP contribution is -2.38. The van der Waals surface area contributed by atoms with Gasteiger partial charge in [-0.15, -0.1) is 0 Å². The Balaban J connectivity index is 2.18. The third-order valence-corrected chi connectivity index (χ3v) is 4.03. The quantitative estimate of drug-likeness (QED) is 0.771. The molecule has 1 heterocycles. The molecule has 3 nitrogen and oxygen atoms in total. The fourth-order valence-corrected chi connectivity index (χ4v) is 3.06. The first kappa shape index (κ1) is 13.8. The molecule has 1 unspecified atom stereocenters. The van der Waals surface area contributed by atoms with E-state index < -0.39 is 0 Å². The Morgan fingerprint density at radius 2 is 2.19 bits per heavy atom. The molecular formula is C12H23NO2S. The van der Waals surface area contributed by atoms with Gasteiger partial charge in [0.1, 0.15) is 5.60 Å². The number of carbonyl (C=O) groups excluding carboxylic acids is 1. The number of rotatable bonds is 4. The van der Waals surface area contributed by atoms with E-state index in [2.05, 4.69) is 12.2 Å². The topological polar surface area (TPSA) is 38.3 Å². The summed E-state index contributed by atoms with van der Waals surface area (Å²) in [4.78, 5) is 11.4. The van der Waals surface area contributed by atoms with E-state index in [1.165, 1.54) is 18.6 Å². The highest BCUT2D eigenvalue weighted by atomic mass is 32.2. The van der Waals surface area contributed by atoms with Crippen LogP contribution in [0.5, 0.6) is 0 Å². The minimum atomic E-state index is -0.384. The number of hydrogen-bond donors (Lipinski definition) is 1. The summed E-state index contributed by atoms with van der Waals surface area (Å²) in [6.45, 7) is 9.12. The summed E-state index contributed by atoms with van der Waals surface area (Å²) >= 11 is 1.99. The molecule has 1 atom stereocenters. The summed E-state index contributed by atoms with van der Waals surface area (Å²) in [6, 6.07) is 0. The van der Waals surface area contributed by atoms with Crippen molar-refractivity contribution in [3.05, 3.63) is 0 Å². The molecule has 1 aliphatic heterocycles. The van der Waals surface area contributed by atoms with E-state index in [0.717, 1.165) is 6.54 Å². The van der Waals surface area contributed by atoms with Gasteiger partial charge in [0.15, 0.2) is 0 Å². The van der Waals surface area contributed by atoms with Crippen molar-refractivity contribution in [3.8, 4) is 0 Å². The van der Waals surface area contributed by atoms with Gasteiger partial charge in [0.2, 0.25) is 0 Å². The fourth-order valence-electron chi connectivity index (χ4n) is 1.78. The van der Waals surface area contributed by atoms with Crippen LogP contribution >= 0.6 is 11.8 Å². The molecule has 1 saturated heterocycles. The second kappa shape index (κ2) is 5.41. The number of carbonyl (C=O) groups is 1. The molecule has 16 heavy (non-hydrogen) atoms. The third kappa shape index (κ3) is 5.21. The minimum Gasteiger partial charge on any atom is -0.459 e. The number of hydrogen-bond acceptors (Lipinski definition) is 4. The molecule has 1 N–H and O–H groups in total. The maximum absolute atomic E-state index is 11.4. The van der Waals surface area contributed by atoms with Crippen LogP contribution in [0.3, 0.4) is 0 Å². The molecule has 94 valence electrons. The Morgan fingerprint density at radius 1 is 1.50 bits per heavy atom. The van der Waals surface area contributed by atoms with Crippen molar-refractivity contribution >= 4 is 17.7 Å². The lowest BCUT2D eigenvalue weighted by atomic mass is 10.1. The second-order valence-corrected chi connectivity index (χ2v) is 7.27. The Kier molecular flexibility index (Phi) is 4.68. The monoisotopic (exact) mass is 245 g/mol. The molecule has 0 bridgehead atoms. The first-order valence-electron chi connectivity index (χ1n) is 5.87. The minimum absolute atomic E-state index is 0.168. The largest absolute Gasteiger partial charge is 0.459 e. The van der Waals surface area contributed by atoms with Crippen molar-refractivity contribution in [3.63, 3.8) is 0 Å². The summed E-state index contributed by atoms with van der Waals surface area (Å²) in [6.07, 6.45) is 2.52. The molecule has 0 saturated carbocycles. The highest BCUT2D eigenvalue weighted by Crippen LogP contribution is 2.36. The van der Waals surface area contributed by atoms with Gasteiger partial charge >= 0.3 is 5.97 Å². The van der Waals surface area contributed by atoms with Crippen LogP contribution in [0.4, 0.5) is 0 Å². The van der Waals surface area contributed by atoms with Gasteiger partial charge < -0.3 is 10.1 Å². The van der Waals surface area contributed by atoms with Gasteiger partial charge in [0.05, 0.1) is 6.54 Å². The predicted octanol–water partition coefficient (Wildman–Crippen LogP) is 2.20.